The number of hydrogen-bond acceptors (Lipinski definition) is 4. The van der Waals surface area contributed by atoms with Crippen LogP contribution in [0, 0.1) is 0 Å². The molecule has 3 nitrogen and oxygen atoms in total. The lowest BCUT2D eigenvalue weighted by molar-refractivity contribution is 0.594. The minimum Gasteiger partial charge on any atom is -0.312 e. The van der Waals surface area contributed by atoms with Gasteiger partial charge in [-0.3, -0.25) is 0 Å². The summed E-state index contributed by atoms with van der Waals surface area (Å²) in [4.78, 5) is 1.17. The van der Waals surface area contributed by atoms with E-state index in [-0.39, 0.29) is 5.75 Å². The van der Waals surface area contributed by atoms with Crippen molar-refractivity contribution in [1.29, 1.82) is 0 Å². The number of rotatable bonds is 6. The standard InChI is InChI=1S/C9H14ClNO2S2/c1-15(12,13)6-2-5-11-7-8-3-4-9(10)14-8/h3-4,11H,2,5-7H2,1H3. The molecule has 0 aliphatic rings. The molecule has 1 heterocycles. The van der Waals surface area contributed by atoms with Gasteiger partial charge in [-0.15, -0.1) is 11.3 Å². The van der Waals surface area contributed by atoms with Crippen molar-refractivity contribution in [1.82, 2.24) is 5.32 Å². The summed E-state index contributed by atoms with van der Waals surface area (Å²) in [6, 6.07) is 3.83. The number of thiophene rings is 1. The number of nitrogens with one attached hydrogen (secondary N) is 1. The summed E-state index contributed by atoms with van der Waals surface area (Å²) < 4.78 is 22.4. The minimum absolute atomic E-state index is 0.241. The second-order valence-electron chi connectivity index (χ2n) is 3.37. The lowest BCUT2D eigenvalue weighted by Gasteiger charge is -2.01. The predicted molar refractivity (Wildman–Crippen MR) is 65.4 cm³/mol. The second kappa shape index (κ2) is 5.84. The molecule has 6 heteroatoms. The van der Waals surface area contributed by atoms with Gasteiger partial charge in [0.05, 0.1) is 10.1 Å². The van der Waals surface area contributed by atoms with E-state index in [0.29, 0.717) is 13.0 Å². The average molecular weight is 268 g/mol. The van der Waals surface area contributed by atoms with E-state index in [4.69, 9.17) is 11.6 Å². The topological polar surface area (TPSA) is 46.2 Å². The fraction of sp³-hybridized carbons (Fsp3) is 0.556. The molecule has 0 fully saturated rings. The van der Waals surface area contributed by atoms with Crippen molar-refractivity contribution in [3.05, 3.63) is 21.3 Å². The molecule has 1 aromatic heterocycles. The highest BCUT2D eigenvalue weighted by Gasteiger charge is 2.01. The van der Waals surface area contributed by atoms with E-state index in [1.807, 2.05) is 12.1 Å². The molecule has 0 unspecified atom stereocenters. The Kier molecular flexibility index (Phi) is 5.05. The Hall–Kier alpha value is -0.100. The zero-order valence-corrected chi connectivity index (χ0v) is 10.9. The molecule has 0 aliphatic heterocycles. The van der Waals surface area contributed by atoms with Crippen molar-refractivity contribution in [3.8, 4) is 0 Å². The molecular formula is C9H14ClNO2S2. The summed E-state index contributed by atoms with van der Waals surface area (Å²) in [6.07, 6.45) is 1.91. The monoisotopic (exact) mass is 267 g/mol. The van der Waals surface area contributed by atoms with Gasteiger partial charge >= 0.3 is 0 Å². The number of halogens is 1. The van der Waals surface area contributed by atoms with Gasteiger partial charge in [0.2, 0.25) is 0 Å². The van der Waals surface area contributed by atoms with Crippen LogP contribution in [0.1, 0.15) is 11.3 Å². The van der Waals surface area contributed by atoms with Gasteiger partial charge < -0.3 is 5.32 Å². The van der Waals surface area contributed by atoms with Crippen molar-refractivity contribution in [2.24, 2.45) is 0 Å². The smallest absolute Gasteiger partial charge is 0.147 e. The molecule has 0 radical (unpaired) electrons. The molecule has 0 amide bonds. The third kappa shape index (κ3) is 6.14. The first-order chi connectivity index (χ1) is 6.97. The van der Waals surface area contributed by atoms with E-state index in [1.54, 1.807) is 0 Å². The van der Waals surface area contributed by atoms with Crippen LogP contribution in [0.5, 0.6) is 0 Å². The Balaban J connectivity index is 2.12. The first kappa shape index (κ1) is 13.0. The van der Waals surface area contributed by atoms with E-state index in [1.165, 1.54) is 22.5 Å². The molecule has 0 spiro atoms. The highest BCUT2D eigenvalue weighted by Crippen LogP contribution is 2.20. The third-order valence-electron chi connectivity index (χ3n) is 1.80. The summed E-state index contributed by atoms with van der Waals surface area (Å²) in [7, 11) is -2.82. The van der Waals surface area contributed by atoms with E-state index in [2.05, 4.69) is 5.32 Å². The van der Waals surface area contributed by atoms with Gasteiger partial charge in [-0.1, -0.05) is 11.6 Å². The zero-order valence-electron chi connectivity index (χ0n) is 8.49. The summed E-state index contributed by atoms with van der Waals surface area (Å²) in [5.41, 5.74) is 0. The first-order valence-electron chi connectivity index (χ1n) is 4.60. The fourth-order valence-electron chi connectivity index (χ4n) is 1.12. The zero-order chi connectivity index (χ0) is 11.3. The van der Waals surface area contributed by atoms with Crippen LogP contribution in [-0.2, 0) is 16.4 Å². The maximum absolute atomic E-state index is 10.8. The van der Waals surface area contributed by atoms with Gasteiger partial charge in [-0.05, 0) is 25.1 Å². The quantitative estimate of drug-likeness (QED) is 0.801. The first-order valence-corrected chi connectivity index (χ1v) is 7.85. The summed E-state index contributed by atoms with van der Waals surface area (Å²) in [5.74, 6) is 0.241. The van der Waals surface area contributed by atoms with Gasteiger partial charge in [0.15, 0.2) is 0 Å². The van der Waals surface area contributed by atoms with Gasteiger partial charge in [0.1, 0.15) is 9.84 Å². The van der Waals surface area contributed by atoms with Gasteiger partial charge in [0.25, 0.3) is 0 Å². The van der Waals surface area contributed by atoms with Crippen LogP contribution in [-0.4, -0.2) is 27.0 Å². The molecule has 0 aliphatic carbocycles. The normalized spacial score (nSPS) is 11.9. The Labute approximate surface area is 99.4 Å². The molecule has 1 aromatic rings. The van der Waals surface area contributed by atoms with Crippen LogP contribution >= 0.6 is 22.9 Å². The highest BCUT2D eigenvalue weighted by atomic mass is 35.5. The Morgan fingerprint density at radius 1 is 1.47 bits per heavy atom. The van der Waals surface area contributed by atoms with Crippen LogP contribution in [0.15, 0.2) is 12.1 Å². The van der Waals surface area contributed by atoms with E-state index < -0.39 is 9.84 Å². The van der Waals surface area contributed by atoms with Crippen molar-refractivity contribution < 1.29 is 8.42 Å². The molecule has 0 aromatic carbocycles. The van der Waals surface area contributed by atoms with Crippen LogP contribution in [0.3, 0.4) is 0 Å². The van der Waals surface area contributed by atoms with Gasteiger partial charge in [-0.25, -0.2) is 8.42 Å². The summed E-state index contributed by atoms with van der Waals surface area (Å²) in [6.45, 7) is 1.46. The molecule has 1 N–H and O–H groups in total. The van der Waals surface area contributed by atoms with E-state index in [0.717, 1.165) is 10.9 Å². The van der Waals surface area contributed by atoms with Crippen molar-refractivity contribution >= 4 is 32.8 Å². The van der Waals surface area contributed by atoms with E-state index in [9.17, 15) is 8.42 Å². The molecule has 15 heavy (non-hydrogen) atoms. The molecule has 86 valence electrons. The summed E-state index contributed by atoms with van der Waals surface area (Å²) >= 11 is 7.31. The predicted octanol–water partition coefficient (Wildman–Crippen LogP) is 1.93. The van der Waals surface area contributed by atoms with Crippen LogP contribution in [0.2, 0.25) is 4.34 Å². The van der Waals surface area contributed by atoms with Crippen molar-refractivity contribution in [3.63, 3.8) is 0 Å². The summed E-state index contributed by atoms with van der Waals surface area (Å²) in [5, 5.41) is 3.17. The molecule has 0 bridgehead atoms. The van der Waals surface area contributed by atoms with Crippen LogP contribution < -0.4 is 5.32 Å². The van der Waals surface area contributed by atoms with Crippen molar-refractivity contribution in [2.75, 3.05) is 18.6 Å². The Morgan fingerprint density at radius 3 is 2.73 bits per heavy atom. The van der Waals surface area contributed by atoms with Crippen LogP contribution in [0.4, 0.5) is 0 Å². The van der Waals surface area contributed by atoms with Gasteiger partial charge in [-0.2, -0.15) is 0 Å². The maximum Gasteiger partial charge on any atom is 0.147 e. The Bertz CT molecular complexity index is 400. The van der Waals surface area contributed by atoms with Gasteiger partial charge in [0, 0.05) is 17.7 Å². The average Bonchev–Trinajstić information content (AvgIpc) is 2.49. The largest absolute Gasteiger partial charge is 0.312 e. The lowest BCUT2D eigenvalue weighted by Crippen LogP contribution is -2.17. The maximum atomic E-state index is 10.8. The SMILES string of the molecule is CS(=O)(=O)CCCNCc1ccc(Cl)s1. The molecule has 1 rings (SSSR count). The molecular weight excluding hydrogens is 254 g/mol. The number of hydrogen-bond donors (Lipinski definition) is 1. The highest BCUT2D eigenvalue weighted by molar-refractivity contribution is 7.90. The Morgan fingerprint density at radius 2 is 2.20 bits per heavy atom. The third-order valence-corrected chi connectivity index (χ3v) is 4.06. The van der Waals surface area contributed by atoms with E-state index >= 15 is 0 Å². The number of sulfone groups is 1. The second-order valence-corrected chi connectivity index (χ2v) is 7.43. The lowest BCUT2D eigenvalue weighted by atomic mass is 10.4. The fourth-order valence-corrected chi connectivity index (χ4v) is 2.84. The minimum atomic E-state index is -2.82. The molecule has 0 saturated heterocycles. The van der Waals surface area contributed by atoms with Crippen LogP contribution in [0.25, 0.3) is 0 Å². The van der Waals surface area contributed by atoms with Crippen molar-refractivity contribution in [2.45, 2.75) is 13.0 Å². The molecule has 0 atom stereocenters. The molecule has 0 saturated carbocycles.